The Morgan fingerprint density at radius 3 is 2.24 bits per heavy atom. The Balaban J connectivity index is 1.42. The fourth-order valence-electron chi connectivity index (χ4n) is 3.24. The van der Waals surface area contributed by atoms with Crippen molar-refractivity contribution in [2.75, 3.05) is 26.2 Å². The molecule has 0 bridgehead atoms. The molecule has 1 aliphatic rings. The average Bonchev–Trinajstić information content (AvgIpc) is 2.65. The van der Waals surface area contributed by atoms with E-state index in [0.717, 1.165) is 57.0 Å². The summed E-state index contributed by atoms with van der Waals surface area (Å²) in [6.45, 7) is 8.23. The van der Waals surface area contributed by atoms with Crippen molar-refractivity contribution in [3.8, 4) is 11.5 Å². The molecule has 0 amide bonds. The summed E-state index contributed by atoms with van der Waals surface area (Å²) in [4.78, 5) is 2.47. The zero-order valence-corrected chi connectivity index (χ0v) is 15.4. The van der Waals surface area contributed by atoms with Crippen molar-refractivity contribution in [1.82, 2.24) is 4.90 Å². The molecule has 0 aliphatic carbocycles. The fraction of sp³-hybridized carbons (Fsp3) is 0.455. The van der Waals surface area contributed by atoms with Crippen molar-refractivity contribution in [3.05, 3.63) is 60.2 Å². The third kappa shape index (κ3) is 5.23. The lowest BCUT2D eigenvalue weighted by Crippen LogP contribution is -2.47. The summed E-state index contributed by atoms with van der Waals surface area (Å²) in [5.74, 6) is 1.93. The number of hydrogen-bond acceptors (Lipinski definition) is 3. The van der Waals surface area contributed by atoms with E-state index in [1.807, 2.05) is 30.3 Å². The molecule has 3 heteroatoms. The highest BCUT2D eigenvalue weighted by molar-refractivity contribution is 5.28. The molecule has 1 heterocycles. The second-order valence-corrected chi connectivity index (χ2v) is 7.05. The topological polar surface area (TPSA) is 21.7 Å². The highest BCUT2D eigenvalue weighted by Gasteiger charge is 2.31. The number of piperidine rings is 1. The van der Waals surface area contributed by atoms with Gasteiger partial charge in [-0.3, -0.25) is 4.90 Å². The van der Waals surface area contributed by atoms with Gasteiger partial charge in [-0.25, -0.2) is 0 Å². The minimum Gasteiger partial charge on any atom is -0.492 e. The van der Waals surface area contributed by atoms with E-state index in [1.165, 1.54) is 5.56 Å². The Morgan fingerprint density at radius 2 is 1.60 bits per heavy atom. The first-order valence-electron chi connectivity index (χ1n) is 9.35. The standard InChI is InChI=1S/C22H29NO2/c1-3-19-9-11-21(12-10-19)25-22(2)13-15-23(16-14-22)17-18-24-20-7-5-4-6-8-20/h4-12H,3,13-18H2,1-2H3. The van der Waals surface area contributed by atoms with Gasteiger partial charge in [0.1, 0.15) is 23.7 Å². The van der Waals surface area contributed by atoms with Gasteiger partial charge in [0.2, 0.25) is 0 Å². The van der Waals surface area contributed by atoms with Crippen molar-refractivity contribution in [2.45, 2.75) is 38.7 Å². The molecule has 3 nitrogen and oxygen atoms in total. The first kappa shape index (κ1) is 17.8. The molecule has 0 saturated carbocycles. The number of nitrogens with zero attached hydrogens (tertiary/aromatic N) is 1. The van der Waals surface area contributed by atoms with Crippen molar-refractivity contribution >= 4 is 0 Å². The van der Waals surface area contributed by atoms with E-state index >= 15 is 0 Å². The van der Waals surface area contributed by atoms with Crippen LogP contribution in [0.25, 0.3) is 0 Å². The quantitative estimate of drug-likeness (QED) is 0.738. The summed E-state index contributed by atoms with van der Waals surface area (Å²) in [6.07, 6.45) is 3.17. The highest BCUT2D eigenvalue weighted by atomic mass is 16.5. The summed E-state index contributed by atoms with van der Waals surface area (Å²) in [6, 6.07) is 18.6. The first-order chi connectivity index (χ1) is 12.2. The molecule has 1 aliphatic heterocycles. The monoisotopic (exact) mass is 339 g/mol. The van der Waals surface area contributed by atoms with Crippen LogP contribution in [0.5, 0.6) is 11.5 Å². The van der Waals surface area contributed by atoms with Crippen LogP contribution in [0, 0.1) is 0 Å². The number of para-hydroxylation sites is 1. The normalized spacial score (nSPS) is 17.2. The van der Waals surface area contributed by atoms with Crippen LogP contribution in [-0.2, 0) is 6.42 Å². The molecule has 2 aromatic rings. The third-order valence-corrected chi connectivity index (χ3v) is 5.03. The summed E-state index contributed by atoms with van der Waals surface area (Å²) < 4.78 is 12.1. The summed E-state index contributed by atoms with van der Waals surface area (Å²) in [5, 5.41) is 0. The molecule has 1 saturated heterocycles. The smallest absolute Gasteiger partial charge is 0.120 e. The molecule has 0 unspecified atom stereocenters. The van der Waals surface area contributed by atoms with Crippen molar-refractivity contribution in [1.29, 1.82) is 0 Å². The van der Waals surface area contributed by atoms with Gasteiger partial charge in [0.15, 0.2) is 0 Å². The van der Waals surface area contributed by atoms with Gasteiger partial charge in [0.05, 0.1) is 0 Å². The number of rotatable bonds is 7. The molecule has 0 radical (unpaired) electrons. The molecule has 0 aromatic heterocycles. The van der Waals surface area contributed by atoms with Crippen LogP contribution in [0.4, 0.5) is 0 Å². The van der Waals surface area contributed by atoms with Gasteiger partial charge in [-0.2, -0.15) is 0 Å². The predicted molar refractivity (Wildman–Crippen MR) is 102 cm³/mol. The van der Waals surface area contributed by atoms with Crippen LogP contribution in [0.15, 0.2) is 54.6 Å². The maximum Gasteiger partial charge on any atom is 0.120 e. The van der Waals surface area contributed by atoms with Crippen LogP contribution in [-0.4, -0.2) is 36.7 Å². The number of aryl methyl sites for hydroxylation is 1. The number of ether oxygens (including phenoxy) is 2. The van der Waals surface area contributed by atoms with Gasteiger partial charge in [0, 0.05) is 19.6 Å². The fourth-order valence-corrected chi connectivity index (χ4v) is 3.24. The minimum absolute atomic E-state index is 0.0650. The third-order valence-electron chi connectivity index (χ3n) is 5.03. The summed E-state index contributed by atoms with van der Waals surface area (Å²) in [7, 11) is 0. The largest absolute Gasteiger partial charge is 0.492 e. The minimum atomic E-state index is -0.0650. The van der Waals surface area contributed by atoms with Crippen LogP contribution >= 0.6 is 0 Å². The van der Waals surface area contributed by atoms with E-state index in [-0.39, 0.29) is 5.60 Å². The Kier molecular flexibility index (Phi) is 5.98. The Hall–Kier alpha value is -2.00. The van der Waals surface area contributed by atoms with E-state index in [0.29, 0.717) is 0 Å². The van der Waals surface area contributed by atoms with Crippen molar-refractivity contribution in [3.63, 3.8) is 0 Å². The van der Waals surface area contributed by atoms with Gasteiger partial charge in [0.25, 0.3) is 0 Å². The lowest BCUT2D eigenvalue weighted by molar-refractivity contribution is 0.0135. The number of likely N-dealkylation sites (tertiary alicyclic amines) is 1. The van der Waals surface area contributed by atoms with E-state index in [9.17, 15) is 0 Å². The van der Waals surface area contributed by atoms with Gasteiger partial charge < -0.3 is 9.47 Å². The molecule has 0 atom stereocenters. The highest BCUT2D eigenvalue weighted by Crippen LogP contribution is 2.28. The zero-order chi connectivity index (χ0) is 17.5. The van der Waals surface area contributed by atoms with E-state index in [2.05, 4.69) is 43.0 Å². The number of hydrogen-bond donors (Lipinski definition) is 0. The van der Waals surface area contributed by atoms with Crippen molar-refractivity contribution < 1.29 is 9.47 Å². The van der Waals surface area contributed by atoms with Gasteiger partial charge in [-0.1, -0.05) is 37.3 Å². The molecular weight excluding hydrogens is 310 g/mol. The van der Waals surface area contributed by atoms with E-state index in [4.69, 9.17) is 9.47 Å². The Bertz CT molecular complexity index is 631. The maximum atomic E-state index is 6.31. The van der Waals surface area contributed by atoms with Crippen LogP contribution < -0.4 is 9.47 Å². The molecule has 0 N–H and O–H groups in total. The second kappa shape index (κ2) is 8.39. The molecule has 0 spiro atoms. The lowest BCUT2D eigenvalue weighted by atomic mass is 9.93. The van der Waals surface area contributed by atoms with Crippen molar-refractivity contribution in [2.24, 2.45) is 0 Å². The molecule has 134 valence electrons. The molecule has 3 rings (SSSR count). The van der Waals surface area contributed by atoms with Gasteiger partial charge in [-0.15, -0.1) is 0 Å². The van der Waals surface area contributed by atoms with E-state index in [1.54, 1.807) is 0 Å². The molecule has 2 aromatic carbocycles. The first-order valence-corrected chi connectivity index (χ1v) is 9.35. The predicted octanol–water partition coefficient (Wildman–Crippen LogP) is 4.56. The van der Waals surface area contributed by atoms with Gasteiger partial charge in [-0.05, 0) is 56.0 Å². The van der Waals surface area contributed by atoms with Crippen LogP contribution in [0.1, 0.15) is 32.3 Å². The average molecular weight is 339 g/mol. The zero-order valence-electron chi connectivity index (χ0n) is 15.4. The van der Waals surface area contributed by atoms with Gasteiger partial charge >= 0.3 is 0 Å². The Labute approximate surface area is 151 Å². The molecule has 1 fully saturated rings. The SMILES string of the molecule is CCc1ccc(OC2(C)CCN(CCOc3ccccc3)CC2)cc1. The summed E-state index contributed by atoms with van der Waals surface area (Å²) >= 11 is 0. The Morgan fingerprint density at radius 1 is 0.920 bits per heavy atom. The molecule has 25 heavy (non-hydrogen) atoms. The van der Waals surface area contributed by atoms with E-state index < -0.39 is 0 Å². The summed E-state index contributed by atoms with van der Waals surface area (Å²) in [5.41, 5.74) is 1.29. The molecular formula is C22H29NO2. The number of benzene rings is 2. The van der Waals surface area contributed by atoms with Crippen LogP contribution in [0.3, 0.4) is 0 Å². The van der Waals surface area contributed by atoms with Crippen LogP contribution in [0.2, 0.25) is 0 Å². The lowest BCUT2D eigenvalue weighted by Gasteiger charge is -2.39. The maximum absolute atomic E-state index is 6.31. The second-order valence-electron chi connectivity index (χ2n) is 7.05.